The Morgan fingerprint density at radius 1 is 1.16 bits per heavy atom. The van der Waals surface area contributed by atoms with E-state index in [-0.39, 0.29) is 17.6 Å². The average Bonchev–Trinajstić information content (AvgIpc) is 3.19. The summed E-state index contributed by atoms with van der Waals surface area (Å²) < 4.78 is 44.9. The molecule has 0 N–H and O–H groups in total. The fraction of sp³-hybridized carbons (Fsp3) is 0.708. The van der Waals surface area contributed by atoms with Crippen molar-refractivity contribution in [3.8, 4) is 0 Å². The van der Waals surface area contributed by atoms with Crippen LogP contribution in [0, 0.1) is 5.41 Å². The van der Waals surface area contributed by atoms with E-state index in [1.54, 1.807) is 4.90 Å². The first-order chi connectivity index (χ1) is 15.3. The molecule has 0 radical (unpaired) electrons. The van der Waals surface area contributed by atoms with Gasteiger partial charge in [-0.2, -0.15) is 13.2 Å². The predicted octanol–water partition coefficient (Wildman–Crippen LogP) is 4.53. The number of halogens is 3. The SMILES string of the molecule is CCOC(=O)N1CCC2(CC(N3CCC(N(Cc4ccccc4)CC(F)(F)F)CC3)C2)C1. The topological polar surface area (TPSA) is 36.0 Å². The quantitative estimate of drug-likeness (QED) is 0.634. The molecule has 0 atom stereocenters. The third-order valence-corrected chi connectivity index (χ3v) is 7.44. The molecule has 3 aliphatic rings. The van der Waals surface area contributed by atoms with Gasteiger partial charge in [0, 0.05) is 31.7 Å². The largest absolute Gasteiger partial charge is 0.450 e. The van der Waals surface area contributed by atoms with E-state index in [0.717, 1.165) is 63.8 Å². The second kappa shape index (κ2) is 9.59. The number of likely N-dealkylation sites (tertiary alicyclic amines) is 2. The lowest BCUT2D eigenvalue weighted by atomic mass is 9.64. The second-order valence-corrected chi connectivity index (χ2v) is 9.71. The molecule has 178 valence electrons. The van der Waals surface area contributed by atoms with Crippen molar-refractivity contribution >= 4 is 6.09 Å². The van der Waals surface area contributed by atoms with Gasteiger partial charge >= 0.3 is 12.3 Å². The zero-order chi connectivity index (χ0) is 22.8. The van der Waals surface area contributed by atoms with Crippen LogP contribution in [0.3, 0.4) is 0 Å². The van der Waals surface area contributed by atoms with Gasteiger partial charge in [-0.1, -0.05) is 30.3 Å². The van der Waals surface area contributed by atoms with Gasteiger partial charge in [-0.3, -0.25) is 4.90 Å². The number of nitrogens with zero attached hydrogens (tertiary/aromatic N) is 3. The lowest BCUT2D eigenvalue weighted by molar-refractivity contribution is -0.155. The highest BCUT2D eigenvalue weighted by molar-refractivity contribution is 5.68. The third kappa shape index (κ3) is 5.57. The number of alkyl halides is 3. The van der Waals surface area contributed by atoms with Crippen molar-refractivity contribution in [2.45, 2.75) is 63.8 Å². The summed E-state index contributed by atoms with van der Waals surface area (Å²) in [6.45, 7) is 4.92. The van der Waals surface area contributed by atoms with E-state index in [4.69, 9.17) is 4.74 Å². The molecule has 0 bridgehead atoms. The van der Waals surface area contributed by atoms with Crippen LogP contribution in [0.2, 0.25) is 0 Å². The van der Waals surface area contributed by atoms with E-state index < -0.39 is 12.7 Å². The van der Waals surface area contributed by atoms with Crippen LogP contribution in [-0.4, -0.2) is 78.4 Å². The molecule has 5 nitrogen and oxygen atoms in total. The lowest BCUT2D eigenvalue weighted by Gasteiger charge is -2.52. The van der Waals surface area contributed by atoms with E-state index in [1.165, 1.54) is 0 Å². The van der Waals surface area contributed by atoms with Crippen LogP contribution in [0.25, 0.3) is 0 Å². The molecule has 2 aliphatic heterocycles. The number of hydrogen-bond acceptors (Lipinski definition) is 4. The number of amides is 1. The van der Waals surface area contributed by atoms with Gasteiger partial charge < -0.3 is 14.5 Å². The summed E-state index contributed by atoms with van der Waals surface area (Å²) in [6.07, 6.45) is 0.294. The monoisotopic (exact) mass is 453 g/mol. The maximum absolute atomic E-state index is 13.2. The minimum absolute atomic E-state index is 0.0482. The van der Waals surface area contributed by atoms with Gasteiger partial charge in [-0.25, -0.2) is 4.79 Å². The molecule has 1 spiro atoms. The Hall–Kier alpha value is -1.80. The molecule has 32 heavy (non-hydrogen) atoms. The summed E-state index contributed by atoms with van der Waals surface area (Å²) in [5.74, 6) is 0. The van der Waals surface area contributed by atoms with Crippen molar-refractivity contribution in [3.05, 3.63) is 35.9 Å². The number of hydrogen-bond donors (Lipinski definition) is 0. The first-order valence-electron chi connectivity index (χ1n) is 11.8. The summed E-state index contributed by atoms with van der Waals surface area (Å²) in [5, 5.41) is 0. The van der Waals surface area contributed by atoms with Gasteiger partial charge in [0.25, 0.3) is 0 Å². The molecule has 1 aromatic carbocycles. The molecule has 1 saturated carbocycles. The summed E-state index contributed by atoms with van der Waals surface area (Å²) in [7, 11) is 0. The number of rotatable bonds is 6. The molecule has 0 unspecified atom stereocenters. The standard InChI is InChI=1S/C24H34F3N3O2/c1-2-32-22(31)29-13-10-23(17-29)14-21(15-23)28-11-8-20(9-12-28)30(18-24(25,26)27)16-19-6-4-3-5-7-19/h3-7,20-21H,2,8-18H2,1H3. The number of benzene rings is 1. The third-order valence-electron chi connectivity index (χ3n) is 7.44. The Bertz CT molecular complexity index is 760. The Morgan fingerprint density at radius 2 is 1.84 bits per heavy atom. The fourth-order valence-electron chi connectivity index (χ4n) is 5.82. The van der Waals surface area contributed by atoms with Gasteiger partial charge in [-0.15, -0.1) is 0 Å². The summed E-state index contributed by atoms with van der Waals surface area (Å²) in [4.78, 5) is 17.9. The van der Waals surface area contributed by atoms with E-state index >= 15 is 0 Å². The minimum atomic E-state index is -4.19. The Balaban J connectivity index is 1.27. The molecule has 1 aliphatic carbocycles. The smallest absolute Gasteiger partial charge is 0.409 e. The molecule has 8 heteroatoms. The van der Waals surface area contributed by atoms with E-state index in [0.29, 0.717) is 19.2 Å². The molecule has 1 amide bonds. The highest BCUT2D eigenvalue weighted by atomic mass is 19.4. The highest BCUT2D eigenvalue weighted by Crippen LogP contribution is 2.50. The van der Waals surface area contributed by atoms with Crippen LogP contribution >= 0.6 is 0 Å². The van der Waals surface area contributed by atoms with Gasteiger partial charge in [0.2, 0.25) is 0 Å². The summed E-state index contributed by atoms with van der Waals surface area (Å²) in [5.41, 5.74) is 1.14. The molecular weight excluding hydrogens is 419 g/mol. The van der Waals surface area contributed by atoms with Crippen LogP contribution in [0.5, 0.6) is 0 Å². The zero-order valence-corrected chi connectivity index (χ0v) is 18.8. The summed E-state index contributed by atoms with van der Waals surface area (Å²) >= 11 is 0. The maximum atomic E-state index is 13.2. The van der Waals surface area contributed by atoms with E-state index in [9.17, 15) is 18.0 Å². The van der Waals surface area contributed by atoms with Crippen LogP contribution in [-0.2, 0) is 11.3 Å². The minimum Gasteiger partial charge on any atom is -0.450 e. The van der Waals surface area contributed by atoms with Crippen molar-refractivity contribution in [1.29, 1.82) is 0 Å². The molecule has 0 aromatic heterocycles. The van der Waals surface area contributed by atoms with Crippen molar-refractivity contribution in [2.24, 2.45) is 5.41 Å². The van der Waals surface area contributed by atoms with Crippen molar-refractivity contribution in [3.63, 3.8) is 0 Å². The fourth-order valence-corrected chi connectivity index (χ4v) is 5.82. The molecule has 2 heterocycles. The maximum Gasteiger partial charge on any atom is 0.409 e. The molecule has 4 rings (SSSR count). The lowest BCUT2D eigenvalue weighted by Crippen LogP contribution is -2.56. The first-order valence-corrected chi connectivity index (χ1v) is 11.8. The Kier molecular flexibility index (Phi) is 7.00. The zero-order valence-electron chi connectivity index (χ0n) is 18.8. The van der Waals surface area contributed by atoms with Gasteiger partial charge in [0.05, 0.1) is 13.2 Å². The molecular formula is C24H34F3N3O2. The number of carbonyl (C=O) groups is 1. The molecule has 3 fully saturated rings. The van der Waals surface area contributed by atoms with Gasteiger partial charge in [0.15, 0.2) is 0 Å². The highest BCUT2D eigenvalue weighted by Gasteiger charge is 2.51. The van der Waals surface area contributed by atoms with Crippen molar-refractivity contribution in [2.75, 3.05) is 39.3 Å². The predicted molar refractivity (Wildman–Crippen MR) is 116 cm³/mol. The Morgan fingerprint density at radius 3 is 2.47 bits per heavy atom. The van der Waals surface area contributed by atoms with Crippen molar-refractivity contribution < 1.29 is 22.7 Å². The average molecular weight is 454 g/mol. The summed E-state index contributed by atoms with van der Waals surface area (Å²) in [6, 6.07) is 9.87. The number of piperidine rings is 1. The normalized spacial score (nSPS) is 27.2. The molecule has 2 saturated heterocycles. The van der Waals surface area contributed by atoms with E-state index in [1.807, 2.05) is 42.2 Å². The second-order valence-electron chi connectivity index (χ2n) is 9.71. The number of ether oxygens (including phenoxy) is 1. The number of carbonyl (C=O) groups excluding carboxylic acids is 1. The van der Waals surface area contributed by atoms with Crippen LogP contribution < -0.4 is 0 Å². The Labute approximate surface area is 188 Å². The van der Waals surface area contributed by atoms with Crippen molar-refractivity contribution in [1.82, 2.24) is 14.7 Å². The van der Waals surface area contributed by atoms with Crippen LogP contribution in [0.1, 0.15) is 44.6 Å². The van der Waals surface area contributed by atoms with E-state index in [2.05, 4.69) is 4.90 Å². The molecule has 1 aromatic rings. The van der Waals surface area contributed by atoms with Crippen LogP contribution in [0.4, 0.5) is 18.0 Å². The van der Waals surface area contributed by atoms with Gasteiger partial charge in [0.1, 0.15) is 0 Å². The van der Waals surface area contributed by atoms with Gasteiger partial charge in [-0.05, 0) is 63.1 Å². The van der Waals surface area contributed by atoms with Crippen LogP contribution in [0.15, 0.2) is 30.3 Å². The first kappa shape index (κ1) is 23.4.